The molecule has 1 aliphatic carbocycles. The molecule has 1 N–H and O–H groups in total. The SMILES string of the molecule is CCN(CC1CCC(CC(=O)O)CC1)c1ccc(C(F)(F)F)cc1CN(c1ncc(OCCS(C)=O)cn1)[C@H](C)c1cc(C(F)(F)F)cc(C(F)(F)F)c1. The van der Waals surface area contributed by atoms with Crippen molar-refractivity contribution in [1.29, 1.82) is 0 Å². The Labute approximate surface area is 309 Å². The third-order valence-corrected chi connectivity index (χ3v) is 10.2. The summed E-state index contributed by atoms with van der Waals surface area (Å²) < 4.78 is 143. The van der Waals surface area contributed by atoms with E-state index < -0.39 is 70.1 Å². The van der Waals surface area contributed by atoms with Gasteiger partial charge >= 0.3 is 24.5 Å². The van der Waals surface area contributed by atoms with Crippen molar-refractivity contribution in [3.63, 3.8) is 0 Å². The third-order valence-electron chi connectivity index (χ3n) is 9.45. The number of hydrogen-bond donors (Lipinski definition) is 1. The average Bonchev–Trinajstić information content (AvgIpc) is 3.08. The molecule has 3 aromatic rings. The molecule has 1 aromatic heterocycles. The molecule has 2 atom stereocenters. The largest absolute Gasteiger partial charge is 0.489 e. The highest BCUT2D eigenvalue weighted by Gasteiger charge is 2.38. The van der Waals surface area contributed by atoms with Crippen LogP contribution in [0.5, 0.6) is 5.75 Å². The zero-order valence-electron chi connectivity index (χ0n) is 29.7. The second-order valence-corrected chi connectivity index (χ2v) is 14.9. The molecule has 0 radical (unpaired) electrons. The number of ether oxygens (including phenoxy) is 1. The first-order valence-corrected chi connectivity index (χ1v) is 18.9. The maximum absolute atomic E-state index is 14.1. The Morgan fingerprint density at radius 2 is 1.44 bits per heavy atom. The molecule has 1 heterocycles. The summed E-state index contributed by atoms with van der Waals surface area (Å²) in [4.78, 5) is 22.8. The summed E-state index contributed by atoms with van der Waals surface area (Å²) in [6.45, 7) is 3.43. The van der Waals surface area contributed by atoms with E-state index in [0.29, 0.717) is 56.6 Å². The second-order valence-electron chi connectivity index (χ2n) is 13.4. The van der Waals surface area contributed by atoms with E-state index in [0.717, 1.165) is 12.1 Å². The van der Waals surface area contributed by atoms with Crippen LogP contribution in [0.25, 0.3) is 0 Å². The highest BCUT2D eigenvalue weighted by atomic mass is 32.2. The highest BCUT2D eigenvalue weighted by Crippen LogP contribution is 2.41. The third kappa shape index (κ3) is 11.7. The Morgan fingerprint density at radius 1 is 0.889 bits per heavy atom. The summed E-state index contributed by atoms with van der Waals surface area (Å²) in [7, 11) is -1.18. The van der Waals surface area contributed by atoms with Crippen molar-refractivity contribution >= 4 is 28.4 Å². The van der Waals surface area contributed by atoms with Crippen LogP contribution in [0.2, 0.25) is 0 Å². The zero-order chi connectivity index (χ0) is 40.0. The van der Waals surface area contributed by atoms with Crippen molar-refractivity contribution in [2.24, 2.45) is 11.8 Å². The molecule has 18 heteroatoms. The normalized spacial score (nSPS) is 17.9. The molecule has 54 heavy (non-hydrogen) atoms. The van der Waals surface area contributed by atoms with Crippen LogP contribution in [-0.2, 0) is 40.7 Å². The van der Waals surface area contributed by atoms with Crippen molar-refractivity contribution in [1.82, 2.24) is 9.97 Å². The number of aliphatic carboxylic acids is 1. The fourth-order valence-electron chi connectivity index (χ4n) is 6.55. The Morgan fingerprint density at radius 3 is 1.94 bits per heavy atom. The number of anilines is 2. The lowest BCUT2D eigenvalue weighted by molar-refractivity contribution is -0.143. The van der Waals surface area contributed by atoms with E-state index in [4.69, 9.17) is 4.74 Å². The number of carboxylic acids is 1. The molecule has 0 bridgehead atoms. The monoisotopic (exact) mass is 796 g/mol. The van der Waals surface area contributed by atoms with Crippen LogP contribution in [0.4, 0.5) is 51.1 Å². The molecular weight excluding hydrogens is 755 g/mol. The van der Waals surface area contributed by atoms with Gasteiger partial charge in [0.1, 0.15) is 0 Å². The Kier molecular flexibility index (Phi) is 13.9. The fraction of sp³-hybridized carbons (Fsp3) is 0.528. The molecule has 1 unspecified atom stereocenters. The maximum atomic E-state index is 14.1. The average molecular weight is 797 g/mol. The van der Waals surface area contributed by atoms with E-state index in [1.54, 1.807) is 6.92 Å². The van der Waals surface area contributed by atoms with Gasteiger partial charge in [-0.15, -0.1) is 0 Å². The molecule has 2 aromatic carbocycles. The molecule has 0 aliphatic heterocycles. The molecule has 1 saturated carbocycles. The molecule has 4 rings (SSSR count). The summed E-state index contributed by atoms with van der Waals surface area (Å²) >= 11 is 0. The van der Waals surface area contributed by atoms with Crippen LogP contribution in [-0.4, -0.2) is 57.0 Å². The molecular formula is C36H41F9N4O4S. The zero-order valence-corrected chi connectivity index (χ0v) is 30.5. The molecule has 0 amide bonds. The highest BCUT2D eigenvalue weighted by molar-refractivity contribution is 7.84. The van der Waals surface area contributed by atoms with E-state index in [-0.39, 0.29) is 53.9 Å². The van der Waals surface area contributed by atoms with Gasteiger partial charge in [-0.1, -0.05) is 0 Å². The van der Waals surface area contributed by atoms with Gasteiger partial charge in [0.15, 0.2) is 5.75 Å². The molecule has 0 spiro atoms. The van der Waals surface area contributed by atoms with Gasteiger partial charge in [0.25, 0.3) is 0 Å². The van der Waals surface area contributed by atoms with Crippen LogP contribution in [0, 0.1) is 11.8 Å². The fourth-order valence-corrected chi connectivity index (χ4v) is 6.86. The van der Waals surface area contributed by atoms with E-state index >= 15 is 0 Å². The standard InChI is InChI=1S/C36H41F9N4O4S/c1-4-48(20-24-7-5-23(6-8-24)13-32(50)51)31-10-9-27(34(37,38)39)16-26(31)21-49(33-46-18-30(19-47-33)53-11-12-54(3)52)22(2)25-14-28(35(40,41)42)17-29(15-25)36(43,44)45/h9-10,14-19,22-24H,4-8,11-13,20-21H2,1-3H3,(H,50,51)/t22-,23?,24?,54?/m1/s1. The minimum atomic E-state index is -5.15. The summed E-state index contributed by atoms with van der Waals surface area (Å²) in [5, 5.41) is 9.19. The molecule has 1 fully saturated rings. The Balaban J connectivity index is 1.80. The first-order chi connectivity index (χ1) is 25.1. The molecule has 8 nitrogen and oxygen atoms in total. The van der Waals surface area contributed by atoms with Gasteiger partial charge in [-0.2, -0.15) is 39.5 Å². The Hall–Kier alpha value is -4.09. The number of aromatic nitrogens is 2. The van der Waals surface area contributed by atoms with Gasteiger partial charge in [0.05, 0.1) is 47.5 Å². The molecule has 1 aliphatic rings. The lowest BCUT2D eigenvalue weighted by Gasteiger charge is -2.36. The molecule has 298 valence electrons. The first kappa shape index (κ1) is 42.6. The van der Waals surface area contributed by atoms with Crippen molar-refractivity contribution in [3.05, 3.63) is 76.6 Å². The second kappa shape index (κ2) is 17.6. The number of carboxylic acid groups (broad SMARTS) is 1. The van der Waals surface area contributed by atoms with Gasteiger partial charge in [0, 0.05) is 48.8 Å². The van der Waals surface area contributed by atoms with Gasteiger partial charge in [0.2, 0.25) is 5.95 Å². The van der Waals surface area contributed by atoms with E-state index in [9.17, 15) is 53.6 Å². The quantitative estimate of drug-likeness (QED) is 0.152. The van der Waals surface area contributed by atoms with Crippen LogP contribution in [0.1, 0.15) is 79.8 Å². The number of nitrogens with zero attached hydrogens (tertiary/aromatic N) is 4. The van der Waals surface area contributed by atoms with Crippen LogP contribution < -0.4 is 14.5 Å². The van der Waals surface area contributed by atoms with E-state index in [1.807, 2.05) is 4.90 Å². The predicted octanol–water partition coefficient (Wildman–Crippen LogP) is 9.17. The summed E-state index contributed by atoms with van der Waals surface area (Å²) in [6.07, 6.45) is -8.46. The van der Waals surface area contributed by atoms with Crippen molar-refractivity contribution < 1.29 is 58.4 Å². The van der Waals surface area contributed by atoms with Gasteiger partial charge < -0.3 is 19.6 Å². The Bertz CT molecular complexity index is 1710. The minimum absolute atomic E-state index is 0.00824. The van der Waals surface area contributed by atoms with Gasteiger partial charge in [-0.05, 0) is 98.9 Å². The first-order valence-electron chi connectivity index (χ1n) is 17.1. The lowest BCUT2D eigenvalue weighted by atomic mass is 9.80. The lowest BCUT2D eigenvalue weighted by Crippen LogP contribution is -2.34. The van der Waals surface area contributed by atoms with Crippen LogP contribution in [0.15, 0.2) is 48.8 Å². The number of benzene rings is 2. The maximum Gasteiger partial charge on any atom is 0.416 e. The smallest absolute Gasteiger partial charge is 0.416 e. The summed E-state index contributed by atoms with van der Waals surface area (Å²) in [6, 6.07) is 2.87. The number of halogens is 9. The minimum Gasteiger partial charge on any atom is -0.489 e. The number of alkyl halides is 9. The number of hydrogen-bond acceptors (Lipinski definition) is 7. The summed E-state index contributed by atoms with van der Waals surface area (Å²) in [5.74, 6) is -0.702. The van der Waals surface area contributed by atoms with Crippen LogP contribution in [0.3, 0.4) is 0 Å². The number of rotatable bonds is 15. The van der Waals surface area contributed by atoms with Crippen molar-refractivity contribution in [3.8, 4) is 5.75 Å². The summed E-state index contributed by atoms with van der Waals surface area (Å²) in [5.41, 5.74) is -4.15. The van der Waals surface area contributed by atoms with E-state index in [1.165, 1.54) is 36.5 Å². The van der Waals surface area contributed by atoms with Crippen molar-refractivity contribution in [2.45, 2.75) is 77.1 Å². The van der Waals surface area contributed by atoms with Gasteiger partial charge in [-0.25, -0.2) is 9.97 Å². The van der Waals surface area contributed by atoms with Crippen molar-refractivity contribution in [2.75, 3.05) is 41.5 Å². The van der Waals surface area contributed by atoms with Crippen LogP contribution >= 0.6 is 0 Å². The van der Waals surface area contributed by atoms with Gasteiger partial charge in [-0.3, -0.25) is 9.00 Å². The predicted molar refractivity (Wildman–Crippen MR) is 185 cm³/mol. The topological polar surface area (TPSA) is 95.9 Å². The number of carbonyl (C=O) groups is 1. The molecule has 0 saturated heterocycles. The van der Waals surface area contributed by atoms with E-state index in [2.05, 4.69) is 9.97 Å².